The summed E-state index contributed by atoms with van der Waals surface area (Å²) in [5, 5.41) is 11.1. The summed E-state index contributed by atoms with van der Waals surface area (Å²) >= 11 is 0. The molecule has 2 aromatic carbocycles. The van der Waals surface area contributed by atoms with Gasteiger partial charge in [0.05, 0.1) is 33.6 Å². The van der Waals surface area contributed by atoms with Crippen molar-refractivity contribution in [3.8, 4) is 0 Å². The van der Waals surface area contributed by atoms with Gasteiger partial charge in [-0.15, -0.1) is 0 Å². The lowest BCUT2D eigenvalue weighted by Gasteiger charge is -2.15. The van der Waals surface area contributed by atoms with Crippen molar-refractivity contribution in [3.05, 3.63) is 81.9 Å². The fraction of sp³-hybridized carbons (Fsp3) is 0.227. The van der Waals surface area contributed by atoms with Crippen LogP contribution in [-0.4, -0.2) is 22.7 Å². The Hall–Kier alpha value is -3.81. The first-order valence-corrected chi connectivity index (χ1v) is 9.49. The van der Waals surface area contributed by atoms with Gasteiger partial charge in [-0.2, -0.15) is 0 Å². The van der Waals surface area contributed by atoms with Gasteiger partial charge in [0.15, 0.2) is 0 Å². The minimum atomic E-state index is -0.701. The number of carbonyl (C=O) groups excluding carboxylic acids is 3. The van der Waals surface area contributed by atoms with Crippen LogP contribution < -0.4 is 4.90 Å². The predicted octanol–water partition coefficient (Wildman–Crippen LogP) is 3.41. The zero-order chi connectivity index (χ0) is 21.3. The smallest absolute Gasteiger partial charge is 0.338 e. The van der Waals surface area contributed by atoms with Crippen molar-refractivity contribution in [3.63, 3.8) is 0 Å². The number of nitrogens with zero attached hydrogens (tertiary/aromatic N) is 2. The van der Waals surface area contributed by atoms with Crippen molar-refractivity contribution in [2.24, 2.45) is 11.8 Å². The Morgan fingerprint density at radius 3 is 2.37 bits per heavy atom. The minimum absolute atomic E-state index is 0.136. The normalized spacial score (nSPS) is 20.2. The van der Waals surface area contributed by atoms with E-state index in [1.807, 2.05) is 12.2 Å². The number of nitro groups is 1. The molecule has 2 atom stereocenters. The molecular weight excluding hydrogens is 388 g/mol. The van der Waals surface area contributed by atoms with Gasteiger partial charge in [-0.3, -0.25) is 24.6 Å². The standard InChI is InChI=1S/C22H18N2O6/c25-20-17-9-2-3-10-18(17)21(26)23(20)16-8-5-7-14(12-16)22(27)30-13-15-6-1-4-11-19(15)24(28)29/h1-8,11-12,17-18H,9-10,13H2/t17-,18+. The molecule has 0 unspecified atom stereocenters. The maximum absolute atomic E-state index is 12.7. The quantitative estimate of drug-likeness (QED) is 0.248. The lowest BCUT2D eigenvalue weighted by molar-refractivity contribution is -0.385. The number of hydrogen-bond donors (Lipinski definition) is 0. The van der Waals surface area contributed by atoms with E-state index in [1.54, 1.807) is 18.2 Å². The summed E-state index contributed by atoms with van der Waals surface area (Å²) < 4.78 is 5.23. The fourth-order valence-corrected chi connectivity index (χ4v) is 3.86. The number of carbonyl (C=O) groups is 3. The van der Waals surface area contributed by atoms with Crippen LogP contribution >= 0.6 is 0 Å². The van der Waals surface area contributed by atoms with E-state index in [0.29, 0.717) is 18.5 Å². The van der Waals surface area contributed by atoms with Gasteiger partial charge < -0.3 is 4.74 Å². The molecule has 1 fully saturated rings. The average Bonchev–Trinajstić information content (AvgIpc) is 3.02. The molecule has 2 aliphatic rings. The number of fused-ring (bicyclic) bond motifs is 1. The number of para-hydroxylation sites is 1. The molecule has 1 heterocycles. The first-order chi connectivity index (χ1) is 14.5. The predicted molar refractivity (Wildman–Crippen MR) is 107 cm³/mol. The summed E-state index contributed by atoms with van der Waals surface area (Å²) in [6.07, 6.45) is 4.88. The number of amides is 2. The van der Waals surface area contributed by atoms with E-state index < -0.39 is 10.9 Å². The second-order valence-electron chi connectivity index (χ2n) is 7.18. The largest absolute Gasteiger partial charge is 0.457 e. The number of nitro benzene ring substituents is 1. The van der Waals surface area contributed by atoms with Crippen molar-refractivity contribution in [2.75, 3.05) is 4.90 Å². The van der Waals surface area contributed by atoms with Crippen molar-refractivity contribution in [2.45, 2.75) is 19.4 Å². The van der Waals surface area contributed by atoms with Gasteiger partial charge in [-0.05, 0) is 37.1 Å². The number of esters is 1. The second-order valence-corrected chi connectivity index (χ2v) is 7.18. The number of imide groups is 1. The molecule has 0 N–H and O–H groups in total. The van der Waals surface area contributed by atoms with Crippen LogP contribution in [0.4, 0.5) is 11.4 Å². The average molecular weight is 406 g/mol. The highest BCUT2D eigenvalue weighted by Crippen LogP contribution is 2.37. The van der Waals surface area contributed by atoms with Gasteiger partial charge in [0, 0.05) is 6.07 Å². The molecule has 0 radical (unpaired) electrons. The number of rotatable bonds is 5. The minimum Gasteiger partial charge on any atom is -0.457 e. The summed E-state index contributed by atoms with van der Waals surface area (Å²) in [6.45, 7) is -0.266. The number of anilines is 1. The number of benzene rings is 2. The molecule has 8 nitrogen and oxygen atoms in total. The van der Waals surface area contributed by atoms with Gasteiger partial charge >= 0.3 is 5.97 Å². The van der Waals surface area contributed by atoms with Crippen LogP contribution in [0.5, 0.6) is 0 Å². The Bertz CT molecular complexity index is 1050. The van der Waals surface area contributed by atoms with Crippen molar-refractivity contribution in [1.29, 1.82) is 0 Å². The molecule has 1 aliphatic heterocycles. The molecule has 30 heavy (non-hydrogen) atoms. The molecule has 0 bridgehead atoms. The van der Waals surface area contributed by atoms with E-state index in [0.717, 1.165) is 4.90 Å². The van der Waals surface area contributed by atoms with E-state index >= 15 is 0 Å². The van der Waals surface area contributed by atoms with Crippen LogP contribution in [0.15, 0.2) is 60.7 Å². The van der Waals surface area contributed by atoms with E-state index in [9.17, 15) is 24.5 Å². The number of ether oxygens (including phenoxy) is 1. The van der Waals surface area contributed by atoms with Gasteiger partial charge in [-0.25, -0.2) is 4.79 Å². The summed E-state index contributed by atoms with van der Waals surface area (Å²) in [5.41, 5.74) is 0.608. The monoisotopic (exact) mass is 406 g/mol. The van der Waals surface area contributed by atoms with Crippen molar-refractivity contribution < 1.29 is 24.0 Å². The molecule has 0 spiro atoms. The first kappa shape index (κ1) is 19.5. The van der Waals surface area contributed by atoms with E-state index in [4.69, 9.17) is 4.74 Å². The lowest BCUT2D eigenvalue weighted by Crippen LogP contribution is -2.31. The number of allylic oxidation sites excluding steroid dienone is 2. The molecule has 1 aliphatic carbocycles. The highest BCUT2D eigenvalue weighted by molar-refractivity contribution is 6.22. The Labute approximate surface area is 171 Å². The zero-order valence-corrected chi connectivity index (χ0v) is 15.9. The molecule has 8 heteroatoms. The van der Waals surface area contributed by atoms with E-state index in [-0.39, 0.29) is 47.1 Å². The van der Waals surface area contributed by atoms with Crippen LogP contribution in [-0.2, 0) is 20.9 Å². The zero-order valence-electron chi connectivity index (χ0n) is 15.9. The topological polar surface area (TPSA) is 107 Å². The third-order valence-corrected chi connectivity index (χ3v) is 5.39. The van der Waals surface area contributed by atoms with Crippen molar-refractivity contribution >= 4 is 29.2 Å². The Kier molecular flexibility index (Phi) is 5.14. The molecule has 0 aromatic heterocycles. The van der Waals surface area contributed by atoms with Gasteiger partial charge in [0.2, 0.25) is 11.8 Å². The Morgan fingerprint density at radius 1 is 1.03 bits per heavy atom. The molecule has 2 amide bonds. The number of hydrogen-bond acceptors (Lipinski definition) is 6. The second kappa shape index (κ2) is 7.90. The van der Waals surface area contributed by atoms with Crippen LogP contribution in [0, 0.1) is 22.0 Å². The molecule has 152 valence electrons. The van der Waals surface area contributed by atoms with Gasteiger partial charge in [0.1, 0.15) is 6.61 Å². The summed E-state index contributed by atoms with van der Waals surface area (Å²) in [7, 11) is 0. The third-order valence-electron chi connectivity index (χ3n) is 5.39. The summed E-state index contributed by atoms with van der Waals surface area (Å²) in [5.74, 6) is -1.96. The molecular formula is C22H18N2O6. The molecule has 2 aromatic rings. The van der Waals surface area contributed by atoms with Gasteiger partial charge in [-0.1, -0.05) is 30.4 Å². The third kappa shape index (κ3) is 3.47. The van der Waals surface area contributed by atoms with Crippen molar-refractivity contribution in [1.82, 2.24) is 0 Å². The van der Waals surface area contributed by atoms with E-state index in [2.05, 4.69) is 0 Å². The van der Waals surface area contributed by atoms with Crippen LogP contribution in [0.2, 0.25) is 0 Å². The highest BCUT2D eigenvalue weighted by atomic mass is 16.6. The molecule has 1 saturated heterocycles. The first-order valence-electron chi connectivity index (χ1n) is 9.49. The summed E-state index contributed by atoms with van der Waals surface area (Å²) in [6, 6.07) is 12.1. The maximum Gasteiger partial charge on any atom is 0.338 e. The Morgan fingerprint density at radius 2 is 1.70 bits per heavy atom. The molecule has 4 rings (SSSR count). The van der Waals surface area contributed by atoms with Crippen LogP contribution in [0.25, 0.3) is 0 Å². The van der Waals surface area contributed by atoms with E-state index in [1.165, 1.54) is 30.3 Å². The van der Waals surface area contributed by atoms with Gasteiger partial charge in [0.25, 0.3) is 5.69 Å². The SMILES string of the molecule is O=C(OCc1ccccc1[N+](=O)[O-])c1cccc(N2C(=O)[C@H]3CC=CC[C@H]3C2=O)c1. The lowest BCUT2D eigenvalue weighted by atomic mass is 9.85. The fourth-order valence-electron chi connectivity index (χ4n) is 3.86. The highest BCUT2D eigenvalue weighted by Gasteiger charge is 2.47. The summed E-state index contributed by atoms with van der Waals surface area (Å²) in [4.78, 5) is 49.6. The van der Waals surface area contributed by atoms with Crippen LogP contribution in [0.3, 0.4) is 0 Å². The molecule has 0 saturated carbocycles. The maximum atomic E-state index is 12.7. The Balaban J connectivity index is 1.51. The van der Waals surface area contributed by atoms with Crippen LogP contribution in [0.1, 0.15) is 28.8 Å².